The van der Waals surface area contributed by atoms with Crippen LogP contribution in [0.4, 0.5) is 0 Å². The predicted molar refractivity (Wildman–Crippen MR) is 302 cm³/mol. The number of amides is 1. The summed E-state index contributed by atoms with van der Waals surface area (Å²) in [4.78, 5) is 12.6. The van der Waals surface area contributed by atoms with Gasteiger partial charge in [-0.3, -0.25) is 4.79 Å². The molecule has 0 aliphatic heterocycles. The van der Waals surface area contributed by atoms with Crippen LogP contribution >= 0.6 is 0 Å². The second kappa shape index (κ2) is 57.2. The normalized spacial score (nSPS) is 14.0. The van der Waals surface area contributed by atoms with E-state index < -0.39 is 36.9 Å². The molecule has 4 unspecified atom stereocenters. The molecule has 0 saturated heterocycles. The Hall–Kier alpha value is -1.73. The Bertz CT molecular complexity index is 1130. The van der Waals surface area contributed by atoms with Gasteiger partial charge in [0, 0.05) is 0 Å². The molecule has 0 aromatic heterocycles. The Balaban J connectivity index is 3.64. The van der Waals surface area contributed by atoms with Crippen molar-refractivity contribution in [2.45, 2.75) is 340 Å². The van der Waals surface area contributed by atoms with Gasteiger partial charge < -0.3 is 25.7 Å². The zero-order valence-corrected chi connectivity index (χ0v) is 46.1. The van der Waals surface area contributed by atoms with Crippen molar-refractivity contribution in [2.75, 3.05) is 6.61 Å². The van der Waals surface area contributed by atoms with Crippen LogP contribution in [0.1, 0.15) is 316 Å². The first-order valence-electron chi connectivity index (χ1n) is 30.5. The van der Waals surface area contributed by atoms with E-state index in [4.69, 9.17) is 0 Å². The molecule has 4 atom stereocenters. The van der Waals surface area contributed by atoms with E-state index in [-0.39, 0.29) is 0 Å². The van der Waals surface area contributed by atoms with Gasteiger partial charge in [0.1, 0.15) is 12.2 Å². The average Bonchev–Trinajstić information content (AvgIpc) is 3.35. The van der Waals surface area contributed by atoms with E-state index in [0.717, 1.165) is 51.4 Å². The molecule has 5 N–H and O–H groups in total. The van der Waals surface area contributed by atoms with Gasteiger partial charge in [0.25, 0.3) is 0 Å². The minimum atomic E-state index is -1.30. The molecule has 69 heavy (non-hydrogen) atoms. The zero-order valence-electron chi connectivity index (χ0n) is 46.1. The van der Waals surface area contributed by atoms with Crippen molar-refractivity contribution in [2.24, 2.45) is 0 Å². The molecular formula is C63H119NO5. The highest BCUT2D eigenvalue weighted by atomic mass is 16.3. The van der Waals surface area contributed by atoms with Gasteiger partial charge in [0.2, 0.25) is 5.91 Å². The Morgan fingerprint density at radius 1 is 0.348 bits per heavy atom. The Morgan fingerprint density at radius 3 is 0.913 bits per heavy atom. The summed E-state index contributed by atoms with van der Waals surface area (Å²) in [6.45, 7) is 4.07. The second-order valence-electron chi connectivity index (χ2n) is 21.0. The van der Waals surface area contributed by atoms with Crippen LogP contribution in [-0.4, -0.2) is 57.3 Å². The summed E-state index contributed by atoms with van der Waals surface area (Å²) in [6.07, 6.45) is 73.4. The zero-order chi connectivity index (χ0) is 50.2. The van der Waals surface area contributed by atoms with Gasteiger partial charge >= 0.3 is 0 Å². The number of nitrogens with one attached hydrogen (secondary N) is 1. The maximum Gasteiger partial charge on any atom is 0.249 e. The molecule has 0 aliphatic carbocycles. The fourth-order valence-corrected chi connectivity index (χ4v) is 9.43. The summed E-state index contributed by atoms with van der Waals surface area (Å²) in [5.74, 6) is -0.596. The van der Waals surface area contributed by atoms with Crippen LogP contribution in [0, 0.1) is 0 Å². The van der Waals surface area contributed by atoms with Crippen molar-refractivity contribution >= 4 is 5.91 Å². The van der Waals surface area contributed by atoms with Crippen molar-refractivity contribution in [1.29, 1.82) is 0 Å². The third-order valence-electron chi connectivity index (χ3n) is 14.2. The molecule has 0 saturated carbocycles. The molecule has 0 spiro atoms. The number of rotatable bonds is 56. The summed E-state index contributed by atoms with van der Waals surface area (Å²) in [5, 5.41) is 44.0. The number of aliphatic hydroxyl groups excluding tert-OH is 4. The molecular weight excluding hydrogens is 851 g/mol. The topological polar surface area (TPSA) is 110 Å². The van der Waals surface area contributed by atoms with Crippen LogP contribution in [-0.2, 0) is 4.79 Å². The third-order valence-corrected chi connectivity index (χ3v) is 14.2. The molecule has 1 amide bonds. The number of hydrogen-bond donors (Lipinski definition) is 5. The Morgan fingerprint density at radius 2 is 0.609 bits per heavy atom. The standard InChI is InChI=1S/C63H119NO5/c1-3-5-7-9-11-13-15-17-19-21-23-25-27-28-29-30-31-32-33-34-35-37-39-41-43-45-47-49-51-53-55-57-61(67)63(69)64-59(58-65)62(68)60(66)56-54-52-50-48-46-44-42-40-38-36-26-24-22-20-18-16-14-12-10-8-6-4-2/h24,26,28-29,40,42,48,50,59-62,65-68H,3-23,25,27,30-39,41,43-47,49,51-58H2,1-2H3,(H,64,69)/b26-24+,29-28-,42-40+,50-48+. The van der Waals surface area contributed by atoms with E-state index >= 15 is 0 Å². The summed E-state index contributed by atoms with van der Waals surface area (Å²) in [6, 6.07) is -1.01. The quantitative estimate of drug-likeness (QED) is 0.0308. The van der Waals surface area contributed by atoms with E-state index in [1.54, 1.807) is 0 Å². The van der Waals surface area contributed by atoms with Crippen molar-refractivity contribution in [3.8, 4) is 0 Å². The largest absolute Gasteiger partial charge is 0.394 e. The second-order valence-corrected chi connectivity index (χ2v) is 21.0. The molecule has 406 valence electrons. The van der Waals surface area contributed by atoms with Gasteiger partial charge in [-0.25, -0.2) is 0 Å². The highest BCUT2D eigenvalue weighted by Gasteiger charge is 2.28. The monoisotopic (exact) mass is 970 g/mol. The summed E-state index contributed by atoms with van der Waals surface area (Å²) >= 11 is 0. The van der Waals surface area contributed by atoms with Crippen LogP contribution in [0.25, 0.3) is 0 Å². The van der Waals surface area contributed by atoms with E-state index in [0.29, 0.717) is 19.3 Å². The van der Waals surface area contributed by atoms with Crippen molar-refractivity contribution < 1.29 is 25.2 Å². The smallest absolute Gasteiger partial charge is 0.249 e. The fourth-order valence-electron chi connectivity index (χ4n) is 9.43. The van der Waals surface area contributed by atoms with E-state index in [1.807, 2.05) is 0 Å². The molecule has 6 heteroatoms. The molecule has 0 fully saturated rings. The van der Waals surface area contributed by atoms with Gasteiger partial charge in [-0.2, -0.15) is 0 Å². The number of unbranched alkanes of at least 4 members (excludes halogenated alkanes) is 39. The number of carbonyl (C=O) groups is 1. The number of hydrogen-bond acceptors (Lipinski definition) is 5. The van der Waals surface area contributed by atoms with Crippen LogP contribution in [0.15, 0.2) is 48.6 Å². The van der Waals surface area contributed by atoms with Crippen LogP contribution in [0.3, 0.4) is 0 Å². The maximum atomic E-state index is 12.6. The fraction of sp³-hybridized carbons (Fsp3) is 0.857. The van der Waals surface area contributed by atoms with Gasteiger partial charge in [-0.05, 0) is 89.9 Å². The Labute approximate surface area is 429 Å². The van der Waals surface area contributed by atoms with Crippen molar-refractivity contribution in [3.05, 3.63) is 48.6 Å². The molecule has 0 rings (SSSR count). The lowest BCUT2D eigenvalue weighted by molar-refractivity contribution is -0.132. The molecule has 0 bridgehead atoms. The molecule has 0 aliphatic rings. The van der Waals surface area contributed by atoms with E-state index in [9.17, 15) is 25.2 Å². The van der Waals surface area contributed by atoms with E-state index in [1.165, 1.54) is 231 Å². The first-order chi connectivity index (χ1) is 34.0. The van der Waals surface area contributed by atoms with Crippen LogP contribution < -0.4 is 5.32 Å². The highest BCUT2D eigenvalue weighted by Crippen LogP contribution is 2.17. The van der Waals surface area contributed by atoms with E-state index in [2.05, 4.69) is 67.8 Å². The lowest BCUT2D eigenvalue weighted by Gasteiger charge is -2.27. The molecule has 0 radical (unpaired) electrons. The minimum Gasteiger partial charge on any atom is -0.394 e. The molecule has 0 aromatic rings. The van der Waals surface area contributed by atoms with Crippen LogP contribution in [0.2, 0.25) is 0 Å². The third kappa shape index (κ3) is 51.0. The Kier molecular flexibility index (Phi) is 55.7. The maximum absolute atomic E-state index is 12.6. The predicted octanol–water partition coefficient (Wildman–Crippen LogP) is 18.1. The lowest BCUT2D eigenvalue weighted by Crippen LogP contribution is -2.53. The number of carbonyl (C=O) groups excluding carboxylic acids is 1. The minimum absolute atomic E-state index is 0.359. The van der Waals surface area contributed by atoms with Gasteiger partial charge in [-0.15, -0.1) is 0 Å². The van der Waals surface area contributed by atoms with Gasteiger partial charge in [0.05, 0.1) is 18.8 Å². The van der Waals surface area contributed by atoms with Crippen molar-refractivity contribution in [3.63, 3.8) is 0 Å². The first kappa shape index (κ1) is 67.3. The summed E-state index contributed by atoms with van der Waals surface area (Å²) < 4.78 is 0. The van der Waals surface area contributed by atoms with Gasteiger partial charge in [0.15, 0.2) is 0 Å². The highest BCUT2D eigenvalue weighted by molar-refractivity contribution is 5.80. The molecule has 0 heterocycles. The molecule has 0 aromatic carbocycles. The number of allylic oxidation sites excluding steroid dienone is 8. The van der Waals surface area contributed by atoms with Gasteiger partial charge in [-0.1, -0.05) is 274 Å². The SMILES string of the molecule is CCCCCCCCCCC/C=C/CC/C=C/CC/C=C/CCCC(O)C(O)C(CO)NC(=O)C(O)CCCCCCCCCCCCCCCCC/C=C\CCCCCCCCCCCCCC. The van der Waals surface area contributed by atoms with Crippen LogP contribution in [0.5, 0.6) is 0 Å². The first-order valence-corrected chi connectivity index (χ1v) is 30.5. The molecule has 6 nitrogen and oxygen atoms in total. The van der Waals surface area contributed by atoms with Crippen molar-refractivity contribution in [1.82, 2.24) is 5.32 Å². The number of aliphatic hydroxyl groups is 4. The lowest BCUT2D eigenvalue weighted by atomic mass is 10.00. The average molecular weight is 971 g/mol. The summed E-state index contributed by atoms with van der Waals surface area (Å²) in [7, 11) is 0. The summed E-state index contributed by atoms with van der Waals surface area (Å²) in [5.41, 5.74) is 0.